The van der Waals surface area contributed by atoms with Crippen molar-refractivity contribution in [2.24, 2.45) is 5.41 Å². The van der Waals surface area contributed by atoms with E-state index in [-0.39, 0.29) is 36.4 Å². The molecule has 0 radical (unpaired) electrons. The number of carbonyl (C=O) groups is 1. The van der Waals surface area contributed by atoms with Crippen LogP contribution in [-0.4, -0.2) is 65.0 Å². The third kappa shape index (κ3) is 6.06. The molecule has 0 aromatic carbocycles. The van der Waals surface area contributed by atoms with Crippen LogP contribution in [0.1, 0.15) is 20.3 Å². The highest BCUT2D eigenvalue weighted by atomic mass is 32.2. The van der Waals surface area contributed by atoms with Crippen LogP contribution in [0.3, 0.4) is 0 Å². The molecule has 1 aliphatic heterocycles. The molecule has 1 heterocycles. The molecule has 1 fully saturated rings. The SMILES string of the molecule is CN(C)C(=O)NCCNS(=O)(=O)CC1CC(C)(C)CO1. The van der Waals surface area contributed by atoms with Crippen molar-refractivity contribution in [2.45, 2.75) is 26.4 Å². The van der Waals surface area contributed by atoms with Gasteiger partial charge in [0.15, 0.2) is 0 Å². The highest BCUT2D eigenvalue weighted by molar-refractivity contribution is 7.89. The molecule has 7 nitrogen and oxygen atoms in total. The van der Waals surface area contributed by atoms with Gasteiger partial charge < -0.3 is 15.0 Å². The molecule has 1 aliphatic rings. The Balaban J connectivity index is 2.27. The van der Waals surface area contributed by atoms with Gasteiger partial charge >= 0.3 is 6.03 Å². The zero-order valence-electron chi connectivity index (χ0n) is 12.6. The van der Waals surface area contributed by atoms with E-state index in [9.17, 15) is 13.2 Å². The van der Waals surface area contributed by atoms with Crippen molar-refractivity contribution < 1.29 is 17.9 Å². The summed E-state index contributed by atoms with van der Waals surface area (Å²) in [4.78, 5) is 12.6. The fraction of sp³-hybridized carbons (Fsp3) is 0.917. The number of amides is 2. The topological polar surface area (TPSA) is 87.7 Å². The van der Waals surface area contributed by atoms with Gasteiger partial charge in [-0.2, -0.15) is 0 Å². The lowest BCUT2D eigenvalue weighted by Gasteiger charge is -2.15. The quantitative estimate of drug-likeness (QED) is 0.676. The Labute approximate surface area is 121 Å². The van der Waals surface area contributed by atoms with Crippen LogP contribution in [0.15, 0.2) is 0 Å². The van der Waals surface area contributed by atoms with Gasteiger partial charge in [0.1, 0.15) is 0 Å². The van der Waals surface area contributed by atoms with Crippen molar-refractivity contribution in [1.29, 1.82) is 0 Å². The Hall–Kier alpha value is -0.860. The highest BCUT2D eigenvalue weighted by Gasteiger charge is 2.34. The highest BCUT2D eigenvalue weighted by Crippen LogP contribution is 2.31. The Morgan fingerprint density at radius 2 is 2.00 bits per heavy atom. The fourth-order valence-corrected chi connectivity index (χ4v) is 3.26. The molecule has 0 saturated carbocycles. The maximum Gasteiger partial charge on any atom is 0.316 e. The number of nitrogens with one attached hydrogen (secondary N) is 2. The van der Waals surface area contributed by atoms with Crippen molar-refractivity contribution in [3.8, 4) is 0 Å². The summed E-state index contributed by atoms with van der Waals surface area (Å²) in [5.74, 6) is -0.0297. The molecule has 0 aromatic rings. The maximum absolute atomic E-state index is 11.9. The van der Waals surface area contributed by atoms with Gasteiger partial charge in [-0.1, -0.05) is 13.8 Å². The van der Waals surface area contributed by atoms with Crippen LogP contribution in [0.4, 0.5) is 4.79 Å². The van der Waals surface area contributed by atoms with Gasteiger partial charge in [-0.15, -0.1) is 0 Å². The number of urea groups is 1. The Kier molecular flexibility index (Phi) is 5.79. The molecule has 1 unspecified atom stereocenters. The second-order valence-electron chi connectivity index (χ2n) is 6.10. The summed E-state index contributed by atoms with van der Waals surface area (Å²) in [6.45, 7) is 5.14. The van der Waals surface area contributed by atoms with Gasteiger partial charge in [-0.25, -0.2) is 17.9 Å². The first-order valence-electron chi connectivity index (χ1n) is 6.65. The summed E-state index contributed by atoms with van der Waals surface area (Å²) in [5.41, 5.74) is 0.0415. The number of rotatable bonds is 6. The number of carbonyl (C=O) groups excluding carboxylic acids is 1. The molecular weight excluding hydrogens is 282 g/mol. The maximum atomic E-state index is 11.9. The summed E-state index contributed by atoms with van der Waals surface area (Å²) in [6.07, 6.45) is 0.490. The van der Waals surface area contributed by atoms with Crippen molar-refractivity contribution in [3.05, 3.63) is 0 Å². The first kappa shape index (κ1) is 17.2. The molecule has 8 heteroatoms. The Morgan fingerprint density at radius 3 is 2.50 bits per heavy atom. The standard InChI is InChI=1S/C12H25N3O4S/c1-12(2)7-10(19-9-12)8-20(17,18)14-6-5-13-11(16)15(3)4/h10,14H,5-9H2,1-4H3,(H,13,16). The van der Waals surface area contributed by atoms with Crippen LogP contribution in [0.25, 0.3) is 0 Å². The number of ether oxygens (including phenoxy) is 1. The van der Waals surface area contributed by atoms with Crippen LogP contribution in [-0.2, 0) is 14.8 Å². The van der Waals surface area contributed by atoms with E-state index in [1.165, 1.54) is 4.90 Å². The van der Waals surface area contributed by atoms with E-state index < -0.39 is 10.0 Å². The van der Waals surface area contributed by atoms with E-state index in [2.05, 4.69) is 23.9 Å². The van der Waals surface area contributed by atoms with E-state index in [0.717, 1.165) is 6.42 Å². The molecule has 1 rings (SSSR count). The average Bonchev–Trinajstić information content (AvgIpc) is 2.62. The van der Waals surface area contributed by atoms with Crippen molar-refractivity contribution in [3.63, 3.8) is 0 Å². The molecule has 0 aromatic heterocycles. The van der Waals surface area contributed by atoms with Gasteiger partial charge in [-0.3, -0.25) is 0 Å². The molecule has 0 aliphatic carbocycles. The number of sulfonamides is 1. The zero-order chi connectivity index (χ0) is 15.4. The predicted molar refractivity (Wildman–Crippen MR) is 77.0 cm³/mol. The lowest BCUT2D eigenvalue weighted by atomic mass is 9.91. The molecule has 118 valence electrons. The molecule has 1 saturated heterocycles. The number of nitrogens with zero attached hydrogens (tertiary/aromatic N) is 1. The van der Waals surface area contributed by atoms with Crippen LogP contribution < -0.4 is 10.0 Å². The monoisotopic (exact) mass is 307 g/mol. The first-order valence-corrected chi connectivity index (χ1v) is 8.31. The molecule has 0 bridgehead atoms. The van der Waals surface area contributed by atoms with E-state index in [4.69, 9.17) is 4.74 Å². The molecule has 20 heavy (non-hydrogen) atoms. The number of hydrogen-bond donors (Lipinski definition) is 2. The van der Waals surface area contributed by atoms with E-state index in [1.807, 2.05) is 0 Å². The molecular formula is C12H25N3O4S. The Bertz CT molecular complexity index is 434. The fourth-order valence-electron chi connectivity index (χ4n) is 2.02. The summed E-state index contributed by atoms with van der Waals surface area (Å²) < 4.78 is 31.7. The van der Waals surface area contributed by atoms with Gasteiger partial charge in [0.25, 0.3) is 0 Å². The second kappa shape index (κ2) is 6.73. The molecule has 2 N–H and O–H groups in total. The minimum atomic E-state index is -3.37. The summed E-state index contributed by atoms with van der Waals surface area (Å²) in [7, 11) is -0.126. The van der Waals surface area contributed by atoms with Gasteiger partial charge in [0, 0.05) is 27.2 Å². The minimum Gasteiger partial charge on any atom is -0.377 e. The lowest BCUT2D eigenvalue weighted by molar-refractivity contribution is 0.113. The molecule has 1 atom stereocenters. The van der Waals surface area contributed by atoms with E-state index in [0.29, 0.717) is 6.61 Å². The third-order valence-electron chi connectivity index (χ3n) is 3.02. The van der Waals surface area contributed by atoms with Gasteiger partial charge in [-0.05, 0) is 11.8 Å². The zero-order valence-corrected chi connectivity index (χ0v) is 13.4. The smallest absolute Gasteiger partial charge is 0.316 e. The van der Waals surface area contributed by atoms with Crippen LogP contribution in [0.2, 0.25) is 0 Å². The van der Waals surface area contributed by atoms with Crippen LogP contribution in [0, 0.1) is 5.41 Å². The average molecular weight is 307 g/mol. The second-order valence-corrected chi connectivity index (χ2v) is 7.95. The van der Waals surface area contributed by atoms with Gasteiger partial charge in [0.05, 0.1) is 18.5 Å². The van der Waals surface area contributed by atoms with Crippen molar-refractivity contribution >= 4 is 16.1 Å². The van der Waals surface area contributed by atoms with Crippen molar-refractivity contribution in [2.75, 3.05) is 39.5 Å². The minimum absolute atomic E-state index is 0.0297. The third-order valence-corrected chi connectivity index (χ3v) is 4.48. The van der Waals surface area contributed by atoms with Crippen molar-refractivity contribution in [1.82, 2.24) is 14.9 Å². The summed E-state index contributed by atoms with van der Waals surface area (Å²) in [5, 5.41) is 2.59. The summed E-state index contributed by atoms with van der Waals surface area (Å²) in [6, 6.07) is -0.245. The first-order chi connectivity index (χ1) is 9.11. The van der Waals surface area contributed by atoms with E-state index in [1.54, 1.807) is 14.1 Å². The molecule has 2 amide bonds. The summed E-state index contributed by atoms with van der Waals surface area (Å²) >= 11 is 0. The van der Waals surface area contributed by atoms with Crippen LogP contribution >= 0.6 is 0 Å². The van der Waals surface area contributed by atoms with Gasteiger partial charge in [0.2, 0.25) is 10.0 Å². The Morgan fingerprint density at radius 1 is 1.35 bits per heavy atom. The lowest BCUT2D eigenvalue weighted by Crippen LogP contribution is -2.41. The number of hydrogen-bond acceptors (Lipinski definition) is 4. The molecule has 0 spiro atoms. The van der Waals surface area contributed by atoms with E-state index >= 15 is 0 Å². The largest absolute Gasteiger partial charge is 0.377 e. The van der Waals surface area contributed by atoms with Crippen LogP contribution in [0.5, 0.6) is 0 Å². The predicted octanol–water partition coefficient (Wildman–Crippen LogP) is -0.00790. The normalized spacial score (nSPS) is 21.7.